The number of benzene rings is 4. The maximum absolute atomic E-state index is 14.2. The average molecular weight is 608 g/mol. The van der Waals surface area contributed by atoms with Gasteiger partial charge in [-0.15, -0.1) is 0 Å². The van der Waals surface area contributed by atoms with E-state index in [0.717, 1.165) is 26.7 Å². The van der Waals surface area contributed by atoms with Crippen LogP contribution in [0.15, 0.2) is 100 Å². The van der Waals surface area contributed by atoms with Gasteiger partial charge in [0.25, 0.3) is 5.56 Å². The molecule has 0 saturated carbocycles. The summed E-state index contributed by atoms with van der Waals surface area (Å²) in [6.45, 7) is 3.97. The third-order valence-corrected chi connectivity index (χ3v) is 8.91. The van der Waals surface area contributed by atoms with E-state index in [2.05, 4.69) is 20.9 Å². The van der Waals surface area contributed by atoms with Crippen molar-refractivity contribution in [1.29, 1.82) is 0 Å². The summed E-state index contributed by atoms with van der Waals surface area (Å²) in [5, 5.41) is 13.3. The second kappa shape index (κ2) is 9.16. The highest BCUT2D eigenvalue weighted by molar-refractivity contribution is 9.10. The Labute approximate surface area is 245 Å². The minimum Gasteiger partial charge on any atom is -0.497 e. The molecule has 6 nitrogen and oxygen atoms in total. The van der Waals surface area contributed by atoms with Crippen molar-refractivity contribution in [2.75, 3.05) is 7.11 Å². The van der Waals surface area contributed by atoms with Crippen LogP contribution in [0.3, 0.4) is 0 Å². The van der Waals surface area contributed by atoms with Crippen molar-refractivity contribution in [2.45, 2.75) is 31.0 Å². The molecule has 1 aromatic heterocycles. The first kappa shape index (κ1) is 25.7. The SMILES string of the molecule is COc1ccc([C@@]23Oc4cc(C)cc(C)c4[C@]2(O)c2nc(-c4ccc(Br)cc4)[nH]c(=O)c2[C@H]3c2ccccc2)cc1. The van der Waals surface area contributed by atoms with Gasteiger partial charge in [0.05, 0.1) is 24.3 Å². The summed E-state index contributed by atoms with van der Waals surface area (Å²) >= 11 is 3.48. The number of aromatic nitrogens is 2. The number of aliphatic hydroxyl groups is 1. The molecule has 0 radical (unpaired) electrons. The fourth-order valence-corrected chi connectivity index (χ4v) is 7.03. The maximum Gasteiger partial charge on any atom is 0.255 e. The fourth-order valence-electron chi connectivity index (χ4n) is 6.76. The molecular weight excluding hydrogens is 580 g/mol. The normalized spacial score (nSPS) is 22.0. The van der Waals surface area contributed by atoms with Gasteiger partial charge in [-0.25, -0.2) is 4.98 Å². The van der Waals surface area contributed by atoms with Crippen molar-refractivity contribution >= 4 is 15.9 Å². The lowest BCUT2D eigenvalue weighted by molar-refractivity contribution is -0.0906. The van der Waals surface area contributed by atoms with Gasteiger partial charge in [-0.05, 0) is 60.9 Å². The van der Waals surface area contributed by atoms with Crippen LogP contribution in [0.2, 0.25) is 0 Å². The highest BCUT2D eigenvalue weighted by atomic mass is 79.9. The van der Waals surface area contributed by atoms with E-state index in [-0.39, 0.29) is 5.56 Å². The van der Waals surface area contributed by atoms with Crippen molar-refractivity contribution in [3.63, 3.8) is 0 Å². The van der Waals surface area contributed by atoms with Crippen molar-refractivity contribution in [3.8, 4) is 22.9 Å². The van der Waals surface area contributed by atoms with Crippen LogP contribution in [-0.4, -0.2) is 22.2 Å². The summed E-state index contributed by atoms with van der Waals surface area (Å²) < 4.78 is 13.4. The highest BCUT2D eigenvalue weighted by Gasteiger charge is 2.73. The summed E-state index contributed by atoms with van der Waals surface area (Å²) in [5.74, 6) is 0.973. The second-order valence-corrected chi connectivity index (χ2v) is 11.7. The predicted octanol–water partition coefficient (Wildman–Crippen LogP) is 6.49. The Morgan fingerprint density at radius 3 is 2.37 bits per heavy atom. The summed E-state index contributed by atoms with van der Waals surface area (Å²) in [4.78, 5) is 22.2. The van der Waals surface area contributed by atoms with Gasteiger partial charge in [0.1, 0.15) is 17.3 Å². The molecule has 7 heteroatoms. The first-order valence-corrected chi connectivity index (χ1v) is 14.2. The van der Waals surface area contributed by atoms with Gasteiger partial charge in [0, 0.05) is 21.2 Å². The van der Waals surface area contributed by atoms with E-state index in [1.165, 1.54) is 0 Å². The lowest BCUT2D eigenvalue weighted by atomic mass is 9.69. The zero-order valence-electron chi connectivity index (χ0n) is 22.7. The molecule has 2 N–H and O–H groups in total. The van der Waals surface area contributed by atoms with Crippen LogP contribution in [-0.2, 0) is 11.2 Å². The molecule has 0 bridgehead atoms. The molecule has 4 aromatic carbocycles. The van der Waals surface area contributed by atoms with E-state index in [1.54, 1.807) is 7.11 Å². The number of hydrogen-bond donors (Lipinski definition) is 2. The van der Waals surface area contributed by atoms with Gasteiger partial charge < -0.3 is 19.6 Å². The topological polar surface area (TPSA) is 84.4 Å². The lowest BCUT2D eigenvalue weighted by Gasteiger charge is -2.40. The lowest BCUT2D eigenvalue weighted by Crippen LogP contribution is -2.49. The molecule has 0 unspecified atom stereocenters. The third-order valence-electron chi connectivity index (χ3n) is 8.38. The quantitative estimate of drug-likeness (QED) is 0.244. The first-order valence-electron chi connectivity index (χ1n) is 13.4. The number of methoxy groups -OCH3 is 1. The second-order valence-electron chi connectivity index (χ2n) is 10.8. The van der Waals surface area contributed by atoms with E-state index in [9.17, 15) is 9.90 Å². The van der Waals surface area contributed by atoms with Crippen LogP contribution in [0.25, 0.3) is 11.4 Å². The molecule has 7 rings (SSSR count). The monoisotopic (exact) mass is 606 g/mol. The first-order chi connectivity index (χ1) is 19.8. The van der Waals surface area contributed by atoms with Crippen molar-refractivity contribution in [2.24, 2.45) is 0 Å². The van der Waals surface area contributed by atoms with Gasteiger partial charge >= 0.3 is 0 Å². The number of hydrogen-bond acceptors (Lipinski definition) is 5. The van der Waals surface area contributed by atoms with E-state index < -0.39 is 17.1 Å². The largest absolute Gasteiger partial charge is 0.497 e. The molecular formula is C34H27BrN2O4. The van der Waals surface area contributed by atoms with Gasteiger partial charge in [0.15, 0.2) is 11.2 Å². The molecule has 0 amide bonds. The number of H-pyrrole nitrogens is 1. The van der Waals surface area contributed by atoms with Crippen LogP contribution in [0, 0.1) is 13.8 Å². The standard InChI is InChI=1S/C34H27BrN2O4/c1-19-17-20(2)28-26(18-19)41-34(23-11-15-25(40-3)16-12-23)29(21-7-5-4-6-8-21)27-30(33(28,34)39)36-31(37-32(27)38)22-9-13-24(35)14-10-22/h4-18,29,39H,1-3H3,(H,36,37,38)/t29-,33+,34+/m1/s1. The molecule has 2 aliphatic rings. The molecule has 0 fully saturated rings. The fraction of sp³-hybridized carbons (Fsp3) is 0.176. The Bertz CT molecular complexity index is 1870. The third kappa shape index (κ3) is 3.52. The summed E-state index contributed by atoms with van der Waals surface area (Å²) in [6.07, 6.45) is 0. The smallest absolute Gasteiger partial charge is 0.255 e. The number of nitrogens with zero attached hydrogens (tertiary/aromatic N) is 1. The van der Waals surface area contributed by atoms with E-state index in [0.29, 0.717) is 39.7 Å². The van der Waals surface area contributed by atoms with Gasteiger partial charge in [0.2, 0.25) is 0 Å². The maximum atomic E-state index is 14.2. The molecule has 1 aliphatic carbocycles. The van der Waals surface area contributed by atoms with E-state index in [1.807, 2.05) is 105 Å². The zero-order chi connectivity index (χ0) is 28.5. The number of aromatic amines is 1. The number of rotatable bonds is 4. The minimum atomic E-state index is -1.77. The van der Waals surface area contributed by atoms with Gasteiger partial charge in [-0.2, -0.15) is 0 Å². The number of halogens is 1. The number of nitrogens with one attached hydrogen (secondary N) is 1. The van der Waals surface area contributed by atoms with E-state index in [4.69, 9.17) is 14.5 Å². The summed E-state index contributed by atoms with van der Waals surface area (Å²) in [5.41, 5.74) is 1.98. The summed E-state index contributed by atoms with van der Waals surface area (Å²) in [6, 6.07) is 28.8. The Balaban J connectivity index is 1.62. The van der Waals surface area contributed by atoms with Crippen LogP contribution in [0.4, 0.5) is 0 Å². The minimum absolute atomic E-state index is 0.301. The summed E-state index contributed by atoms with van der Waals surface area (Å²) in [7, 11) is 1.61. The number of aryl methyl sites for hydroxylation is 2. The molecule has 204 valence electrons. The Kier molecular flexibility index (Phi) is 5.75. The molecule has 0 saturated heterocycles. The van der Waals surface area contributed by atoms with Crippen LogP contribution >= 0.6 is 15.9 Å². The Hall–Kier alpha value is -4.20. The molecule has 3 atom stereocenters. The van der Waals surface area contributed by atoms with Gasteiger partial charge in [-0.3, -0.25) is 4.79 Å². The molecule has 0 spiro atoms. The molecule has 2 heterocycles. The Morgan fingerprint density at radius 1 is 0.976 bits per heavy atom. The van der Waals surface area contributed by atoms with Crippen LogP contribution in [0.5, 0.6) is 11.5 Å². The highest BCUT2D eigenvalue weighted by Crippen LogP contribution is 2.68. The van der Waals surface area contributed by atoms with Crippen molar-refractivity contribution in [3.05, 3.63) is 145 Å². The van der Waals surface area contributed by atoms with E-state index >= 15 is 0 Å². The van der Waals surface area contributed by atoms with Crippen molar-refractivity contribution in [1.82, 2.24) is 9.97 Å². The van der Waals surface area contributed by atoms with Crippen molar-refractivity contribution < 1.29 is 14.6 Å². The zero-order valence-corrected chi connectivity index (χ0v) is 24.3. The molecule has 41 heavy (non-hydrogen) atoms. The average Bonchev–Trinajstić information content (AvgIpc) is 3.36. The number of fused-ring (bicyclic) bond motifs is 5. The van der Waals surface area contributed by atoms with Crippen LogP contribution in [0.1, 0.15) is 45.0 Å². The predicted molar refractivity (Wildman–Crippen MR) is 160 cm³/mol. The Morgan fingerprint density at radius 2 is 1.68 bits per heavy atom. The molecule has 5 aromatic rings. The number of ether oxygens (including phenoxy) is 2. The van der Waals surface area contributed by atoms with Crippen LogP contribution < -0.4 is 15.0 Å². The molecule has 1 aliphatic heterocycles. The van der Waals surface area contributed by atoms with Gasteiger partial charge in [-0.1, -0.05) is 76.6 Å².